The molecule has 0 radical (unpaired) electrons. The number of hydrogen-bond donors (Lipinski definition) is 0. The molecule has 0 spiro atoms. The highest BCUT2D eigenvalue weighted by Crippen LogP contribution is 2.52. The summed E-state index contributed by atoms with van der Waals surface area (Å²) in [6, 6.07) is 33.3. The van der Waals surface area contributed by atoms with Crippen molar-refractivity contribution in [3.8, 4) is 46.3 Å². The highest BCUT2D eigenvalue weighted by atomic mass is 35.5. The fraction of sp³-hybridized carbons (Fsp3) is 0.524. The van der Waals surface area contributed by atoms with Gasteiger partial charge >= 0.3 is 31.7 Å². The average Bonchev–Trinajstić information content (AvgIpc) is 1.65. The summed E-state index contributed by atoms with van der Waals surface area (Å²) in [6.07, 6.45) is -21.4. The van der Waals surface area contributed by atoms with Crippen molar-refractivity contribution in [3.63, 3.8) is 0 Å². The van der Waals surface area contributed by atoms with E-state index in [-0.39, 0.29) is 109 Å². The van der Waals surface area contributed by atoms with Gasteiger partial charge in [0.1, 0.15) is 11.5 Å². The number of nitriles is 1. The molecule has 0 aliphatic carbocycles. The SMILES string of the molecule is CC(C)c1cc2c(c(Cl)c1C(C)C)OC(F)(F)O2.CC(C)c1cc2c(cc1C(C)(C)C)OC(F)(F)O2.CC(C)c1ccc(C#N)cc1C(C)C.CC(C)c1ccc(Cl)c(Cl)c1C(C)C.CC(C)c1ccc(Cl)cc1C(C)C.CC(C)c1ccc(OC(F)(F)F)c(Cl)c1C(C)C.CC(C)c1ccc(OC(F)(F)F)c(F)c1C(C)C.CC(C)c1ccc(OC(F)(F)F)cc1C(C)C. The molecule has 130 heavy (non-hydrogen) atoms. The predicted octanol–water partition coefficient (Wildman–Crippen LogP) is 38.3. The zero-order chi connectivity index (χ0) is 100. The molecule has 2 aliphatic rings. The fourth-order valence-electron chi connectivity index (χ4n) is 14.7. The number of hydrogen-bond acceptors (Lipinski definition) is 8. The molecule has 10 rings (SSSR count). The van der Waals surface area contributed by atoms with Crippen molar-refractivity contribution in [3.05, 3.63) is 235 Å². The first kappa shape index (κ1) is 116. The highest BCUT2D eigenvalue weighted by molar-refractivity contribution is 6.42. The molecule has 0 saturated carbocycles. The molecule has 8 nitrogen and oxygen atoms in total. The molecular formula is C103H132Cl5F14NO7. The maximum absolute atomic E-state index is 14.0. The lowest BCUT2D eigenvalue weighted by atomic mass is 9.80. The van der Waals surface area contributed by atoms with E-state index in [4.69, 9.17) is 63.3 Å². The van der Waals surface area contributed by atoms with E-state index in [1.165, 1.54) is 57.6 Å². The second-order valence-corrected chi connectivity index (χ2v) is 39.6. The summed E-state index contributed by atoms with van der Waals surface area (Å²) in [4.78, 5) is 0. The van der Waals surface area contributed by atoms with Crippen molar-refractivity contribution in [1.29, 1.82) is 5.26 Å². The van der Waals surface area contributed by atoms with Gasteiger partial charge in [-0.25, -0.2) is 4.39 Å². The molecule has 724 valence electrons. The Balaban J connectivity index is 0.000000384. The van der Waals surface area contributed by atoms with Gasteiger partial charge in [0, 0.05) is 5.02 Å². The summed E-state index contributed by atoms with van der Waals surface area (Å²) in [5.74, 6) is 2.11. The molecule has 2 aliphatic heterocycles. The Morgan fingerprint density at radius 3 is 1.03 bits per heavy atom. The van der Waals surface area contributed by atoms with Gasteiger partial charge in [0.25, 0.3) is 0 Å². The van der Waals surface area contributed by atoms with Crippen LogP contribution in [0.5, 0.6) is 40.2 Å². The van der Waals surface area contributed by atoms with E-state index in [0.717, 1.165) is 55.6 Å². The molecule has 8 aromatic carbocycles. The minimum Gasteiger partial charge on any atom is -0.406 e. The topological polar surface area (TPSA) is 88.4 Å². The monoisotopic (exact) mass is 1940 g/mol. The average molecular weight is 1940 g/mol. The minimum atomic E-state index is -4.88. The van der Waals surface area contributed by atoms with Crippen LogP contribution in [0.4, 0.5) is 61.5 Å². The molecule has 0 saturated heterocycles. The number of ether oxygens (including phenoxy) is 7. The summed E-state index contributed by atoms with van der Waals surface area (Å²) in [6.45, 7) is 67.2. The Morgan fingerprint density at radius 1 is 0.308 bits per heavy atom. The van der Waals surface area contributed by atoms with E-state index in [2.05, 4.69) is 167 Å². The van der Waals surface area contributed by atoms with E-state index in [1.807, 2.05) is 135 Å². The van der Waals surface area contributed by atoms with Crippen molar-refractivity contribution in [2.75, 3.05) is 0 Å². The molecule has 0 bridgehead atoms. The number of halogens is 19. The van der Waals surface area contributed by atoms with Gasteiger partial charge < -0.3 is 33.2 Å². The van der Waals surface area contributed by atoms with Crippen LogP contribution in [-0.4, -0.2) is 31.7 Å². The first-order valence-electron chi connectivity index (χ1n) is 43.8. The number of nitrogens with zero attached hydrogens (tertiary/aromatic N) is 1. The van der Waals surface area contributed by atoms with Crippen molar-refractivity contribution < 1.29 is 94.6 Å². The van der Waals surface area contributed by atoms with Crippen LogP contribution in [0.3, 0.4) is 0 Å². The lowest BCUT2D eigenvalue weighted by molar-refractivity contribution is -0.287. The van der Waals surface area contributed by atoms with Gasteiger partial charge in [-0.05, 0) is 256 Å². The Hall–Kier alpha value is -7.68. The van der Waals surface area contributed by atoms with E-state index in [0.29, 0.717) is 56.7 Å². The van der Waals surface area contributed by atoms with Crippen molar-refractivity contribution in [1.82, 2.24) is 0 Å². The number of rotatable bonds is 18. The zero-order valence-electron chi connectivity index (χ0n) is 81.0. The van der Waals surface area contributed by atoms with Gasteiger partial charge in [-0.3, -0.25) is 0 Å². The Kier molecular flexibility index (Phi) is 43.9. The summed E-state index contributed by atoms with van der Waals surface area (Å²) in [5.41, 5.74) is 17.0. The van der Waals surface area contributed by atoms with Crippen LogP contribution in [0.15, 0.2) is 109 Å². The molecule has 0 atom stereocenters. The van der Waals surface area contributed by atoms with E-state index in [9.17, 15) is 61.5 Å². The lowest BCUT2D eigenvalue weighted by Crippen LogP contribution is -2.26. The van der Waals surface area contributed by atoms with Crippen LogP contribution in [0.1, 0.15) is 412 Å². The Bertz CT molecular complexity index is 4950. The molecule has 0 N–H and O–H groups in total. The third-order valence-electron chi connectivity index (χ3n) is 20.8. The molecule has 0 amide bonds. The Morgan fingerprint density at radius 2 is 0.631 bits per heavy atom. The quantitative estimate of drug-likeness (QED) is 0.0785. The number of fused-ring (bicyclic) bond motifs is 2. The van der Waals surface area contributed by atoms with Gasteiger partial charge in [-0.15, -0.1) is 57.1 Å². The van der Waals surface area contributed by atoms with Crippen LogP contribution < -0.4 is 33.2 Å². The van der Waals surface area contributed by atoms with Gasteiger partial charge in [-0.1, -0.05) is 323 Å². The van der Waals surface area contributed by atoms with Gasteiger partial charge in [0.2, 0.25) is 0 Å². The highest BCUT2D eigenvalue weighted by Gasteiger charge is 2.47. The third kappa shape index (κ3) is 35.0. The summed E-state index contributed by atoms with van der Waals surface area (Å²) < 4.78 is 205. The third-order valence-corrected chi connectivity index (χ3v) is 22.6. The van der Waals surface area contributed by atoms with Crippen LogP contribution in [-0.2, 0) is 5.41 Å². The van der Waals surface area contributed by atoms with Crippen LogP contribution in [0.25, 0.3) is 0 Å². The first-order valence-corrected chi connectivity index (χ1v) is 45.6. The van der Waals surface area contributed by atoms with Crippen LogP contribution in [0, 0.1) is 17.1 Å². The molecule has 8 aromatic rings. The largest absolute Gasteiger partial charge is 0.586 e. The van der Waals surface area contributed by atoms with E-state index in [1.54, 1.807) is 44.2 Å². The van der Waals surface area contributed by atoms with Gasteiger partial charge in [0.05, 0.1) is 31.7 Å². The molecule has 2 heterocycles. The molecule has 27 heteroatoms. The van der Waals surface area contributed by atoms with Crippen LogP contribution >= 0.6 is 58.0 Å². The standard InChI is InChI=1S/C14H18F2O2.C13H16ClF3O.C13H15ClF2O2.C13H16F4O.C13H17F3O.C13H17N.C12H16Cl2.C12H17Cl/c1-8(2)9-6-11-12(18-14(15,16)17-11)7-10(9)13(3,4)5;1-7(2)9-5-6-10(18-13(15,16)17)12(14)11(9)8(3)4;1-6(2)8-5-9-12(18-13(15,16)17-9)11(14)10(8)7(3)4;1-7(2)9-5-6-10(18-13(15,16)17)12(14)11(9)8(3)4;1-8(2)11-6-5-10(17-13(14,15)16)7-12(11)9(3)4;1-9(2)12-6-5-11(8-14)7-13(12)10(3)4;1-7(2)9-5-6-10(13)12(14)11(9)8(3)4;1-8(2)11-6-5-10(13)7-12(11)9(3)4/h6-8H,1-5H3;5-8H,1-4H3;5-7H,1-4H3;5-8H,1-4H3;5-9H,1-4H3;5-7,9-10H,1-4H3;5-8H,1-4H3;5-9H,1-4H3. The van der Waals surface area contributed by atoms with Crippen molar-refractivity contribution in [2.24, 2.45) is 0 Å². The Labute approximate surface area is 788 Å². The maximum Gasteiger partial charge on any atom is 0.586 e. The summed E-state index contributed by atoms with van der Waals surface area (Å²) in [5, 5.41) is 11.3. The molecular weight excluding hydrogens is 1810 g/mol. The zero-order valence-corrected chi connectivity index (χ0v) is 84.8. The van der Waals surface area contributed by atoms with Gasteiger partial charge in [0.15, 0.2) is 34.6 Å². The minimum absolute atomic E-state index is 0.0121. The maximum atomic E-state index is 14.0. The van der Waals surface area contributed by atoms with E-state index < -0.39 is 43.2 Å². The van der Waals surface area contributed by atoms with Crippen molar-refractivity contribution >= 4 is 58.0 Å². The van der Waals surface area contributed by atoms with Gasteiger partial charge in [-0.2, -0.15) is 5.26 Å². The van der Waals surface area contributed by atoms with E-state index >= 15 is 0 Å². The fourth-order valence-corrected chi connectivity index (χ4v) is 16.4. The normalized spacial score (nSPS) is 13.2. The predicted molar refractivity (Wildman–Crippen MR) is 504 cm³/mol. The second kappa shape index (κ2) is 49.0. The lowest BCUT2D eigenvalue weighted by Gasteiger charge is -2.25. The summed E-state index contributed by atoms with van der Waals surface area (Å²) in [7, 11) is 0. The molecule has 0 unspecified atom stereocenters. The number of benzene rings is 8. The molecule has 0 fully saturated rings. The second-order valence-electron chi connectivity index (χ2n) is 37.6. The molecule has 0 aromatic heterocycles. The number of alkyl halides is 13. The first-order chi connectivity index (χ1) is 59.3. The van der Waals surface area contributed by atoms with Crippen molar-refractivity contribution in [2.45, 2.75) is 354 Å². The van der Waals surface area contributed by atoms with Crippen LogP contribution in [0.2, 0.25) is 25.1 Å². The smallest absolute Gasteiger partial charge is 0.406 e. The summed E-state index contributed by atoms with van der Waals surface area (Å²) >= 11 is 30.4.